The minimum atomic E-state index is 1.06. The van der Waals surface area contributed by atoms with Crippen molar-refractivity contribution < 1.29 is 0 Å². The fourth-order valence-electron chi connectivity index (χ4n) is 0.726. The van der Waals surface area contributed by atoms with E-state index in [0.29, 0.717) is 0 Å². The van der Waals surface area contributed by atoms with Crippen molar-refractivity contribution in [2.75, 3.05) is 0 Å². The summed E-state index contributed by atoms with van der Waals surface area (Å²) in [6.45, 7) is 5.66. The molecule has 0 saturated heterocycles. The second-order valence-corrected chi connectivity index (χ2v) is 1.99. The summed E-state index contributed by atoms with van der Waals surface area (Å²) < 4.78 is 0. The van der Waals surface area contributed by atoms with Gasteiger partial charge in [0, 0.05) is 0 Å². The molecule has 1 aromatic rings. The van der Waals surface area contributed by atoms with Gasteiger partial charge in [-0.3, -0.25) is 0 Å². The second-order valence-electron chi connectivity index (χ2n) is 1.99. The summed E-state index contributed by atoms with van der Waals surface area (Å²) in [7, 11) is 0. The SMILES string of the molecule is C=Cc1[c]c(C)ccc1. The Hall–Kier alpha value is -1.04. The minimum Gasteiger partial charge on any atom is -0.0984 e. The molecule has 0 atom stereocenters. The standard InChI is InChI=1S/C9H9/c1-3-9-6-4-5-8(2)7-9/h3-6H,1H2,2H3. The van der Waals surface area contributed by atoms with Crippen molar-refractivity contribution in [2.24, 2.45) is 0 Å². The molecule has 0 aliphatic rings. The van der Waals surface area contributed by atoms with Crippen molar-refractivity contribution in [1.29, 1.82) is 0 Å². The van der Waals surface area contributed by atoms with Gasteiger partial charge in [0.2, 0.25) is 0 Å². The molecule has 0 bridgehead atoms. The highest BCUT2D eigenvalue weighted by molar-refractivity contribution is 5.46. The lowest BCUT2D eigenvalue weighted by molar-refractivity contribution is 1.45. The molecule has 0 saturated carbocycles. The Morgan fingerprint density at radius 2 is 2.33 bits per heavy atom. The van der Waals surface area contributed by atoms with Crippen LogP contribution in [0, 0.1) is 13.0 Å². The Kier molecular flexibility index (Phi) is 1.69. The largest absolute Gasteiger partial charge is 0.0984 e. The lowest BCUT2D eigenvalue weighted by Gasteiger charge is -1.91. The number of hydrogen-bond acceptors (Lipinski definition) is 0. The van der Waals surface area contributed by atoms with E-state index in [4.69, 9.17) is 0 Å². The Morgan fingerprint density at radius 3 is 2.78 bits per heavy atom. The van der Waals surface area contributed by atoms with Crippen LogP contribution < -0.4 is 0 Å². The van der Waals surface area contributed by atoms with Gasteiger partial charge in [-0.15, -0.1) is 0 Å². The van der Waals surface area contributed by atoms with Gasteiger partial charge < -0.3 is 0 Å². The highest BCUT2D eigenvalue weighted by Crippen LogP contribution is 2.02. The smallest absolute Gasteiger partial charge is 0.00737 e. The molecular formula is C9H9. The van der Waals surface area contributed by atoms with Crippen molar-refractivity contribution in [3.63, 3.8) is 0 Å². The average molecular weight is 117 g/mol. The molecular weight excluding hydrogens is 108 g/mol. The third kappa shape index (κ3) is 1.43. The Balaban J connectivity index is 3.07. The molecule has 0 heterocycles. The average Bonchev–Trinajstić information content (AvgIpc) is 1.88. The molecule has 0 aliphatic heterocycles. The molecule has 1 rings (SSSR count). The molecule has 1 aromatic carbocycles. The van der Waals surface area contributed by atoms with Gasteiger partial charge in [-0.25, -0.2) is 0 Å². The van der Waals surface area contributed by atoms with Crippen molar-refractivity contribution in [1.82, 2.24) is 0 Å². The molecule has 9 heavy (non-hydrogen) atoms. The van der Waals surface area contributed by atoms with Crippen LogP contribution in [0.1, 0.15) is 11.1 Å². The fourth-order valence-corrected chi connectivity index (χ4v) is 0.726. The normalized spacial score (nSPS) is 9.00. The third-order valence-corrected chi connectivity index (χ3v) is 1.18. The van der Waals surface area contributed by atoms with Crippen molar-refractivity contribution >= 4 is 6.08 Å². The van der Waals surface area contributed by atoms with E-state index in [2.05, 4.69) is 12.6 Å². The minimum absolute atomic E-state index is 1.06. The topological polar surface area (TPSA) is 0 Å². The van der Waals surface area contributed by atoms with Crippen LogP contribution in [0.15, 0.2) is 24.8 Å². The number of benzene rings is 1. The molecule has 0 heteroatoms. The maximum atomic E-state index is 3.64. The summed E-state index contributed by atoms with van der Waals surface area (Å²) in [5, 5.41) is 0. The van der Waals surface area contributed by atoms with Crippen molar-refractivity contribution in [3.05, 3.63) is 42.0 Å². The maximum Gasteiger partial charge on any atom is -0.00737 e. The summed E-state index contributed by atoms with van der Waals surface area (Å²) in [5.74, 6) is 0. The quantitative estimate of drug-likeness (QED) is 0.530. The van der Waals surface area contributed by atoms with Gasteiger partial charge >= 0.3 is 0 Å². The molecule has 0 N–H and O–H groups in total. The van der Waals surface area contributed by atoms with E-state index in [9.17, 15) is 0 Å². The Morgan fingerprint density at radius 1 is 1.56 bits per heavy atom. The molecule has 0 amide bonds. The van der Waals surface area contributed by atoms with E-state index in [-0.39, 0.29) is 0 Å². The first kappa shape index (κ1) is 6.09. The van der Waals surface area contributed by atoms with Crippen molar-refractivity contribution in [3.8, 4) is 0 Å². The first-order chi connectivity index (χ1) is 4.33. The molecule has 0 fully saturated rings. The lowest BCUT2D eigenvalue weighted by atomic mass is 10.1. The van der Waals surface area contributed by atoms with Gasteiger partial charge in [0.15, 0.2) is 0 Å². The maximum absolute atomic E-state index is 3.64. The summed E-state index contributed by atoms with van der Waals surface area (Å²) in [4.78, 5) is 0. The first-order valence-corrected chi connectivity index (χ1v) is 2.94. The molecule has 0 nitrogen and oxygen atoms in total. The van der Waals surface area contributed by atoms with Crippen LogP contribution in [0.25, 0.3) is 6.08 Å². The van der Waals surface area contributed by atoms with E-state index < -0.39 is 0 Å². The summed E-state index contributed by atoms with van der Waals surface area (Å²) >= 11 is 0. The van der Waals surface area contributed by atoms with Crippen LogP contribution in [0.2, 0.25) is 0 Å². The van der Waals surface area contributed by atoms with Gasteiger partial charge in [-0.2, -0.15) is 0 Å². The molecule has 45 valence electrons. The Bertz CT molecular complexity index is 211. The summed E-state index contributed by atoms with van der Waals surface area (Å²) in [5.41, 5.74) is 2.22. The van der Waals surface area contributed by atoms with Crippen LogP contribution in [-0.2, 0) is 0 Å². The monoisotopic (exact) mass is 117 g/mol. The molecule has 1 radical (unpaired) electrons. The van der Waals surface area contributed by atoms with E-state index >= 15 is 0 Å². The van der Waals surface area contributed by atoms with Gasteiger partial charge in [0.25, 0.3) is 0 Å². The van der Waals surface area contributed by atoms with Crippen LogP contribution in [0.5, 0.6) is 0 Å². The van der Waals surface area contributed by atoms with E-state index in [1.807, 2.05) is 25.1 Å². The molecule has 0 aliphatic carbocycles. The first-order valence-electron chi connectivity index (χ1n) is 2.94. The predicted octanol–water partition coefficient (Wildman–Crippen LogP) is 2.44. The summed E-state index contributed by atoms with van der Waals surface area (Å²) in [6.07, 6.45) is 1.80. The van der Waals surface area contributed by atoms with Crippen LogP contribution in [0.3, 0.4) is 0 Å². The number of aryl methyl sites for hydroxylation is 1. The Labute approximate surface area is 55.8 Å². The number of rotatable bonds is 1. The highest BCUT2D eigenvalue weighted by Gasteiger charge is 1.84. The van der Waals surface area contributed by atoms with Crippen LogP contribution >= 0.6 is 0 Å². The van der Waals surface area contributed by atoms with Crippen molar-refractivity contribution in [2.45, 2.75) is 6.92 Å². The van der Waals surface area contributed by atoms with Gasteiger partial charge in [-0.1, -0.05) is 30.9 Å². The number of hydrogen-bond donors (Lipinski definition) is 0. The lowest BCUT2D eigenvalue weighted by Crippen LogP contribution is -1.73. The summed E-state index contributed by atoms with van der Waals surface area (Å²) in [6, 6.07) is 9.15. The zero-order valence-electron chi connectivity index (χ0n) is 5.52. The van der Waals surface area contributed by atoms with E-state index in [0.717, 1.165) is 11.1 Å². The molecule has 0 spiro atoms. The predicted molar refractivity (Wildman–Crippen MR) is 40.1 cm³/mol. The molecule has 0 unspecified atom stereocenters. The van der Waals surface area contributed by atoms with Gasteiger partial charge in [-0.05, 0) is 24.1 Å². The van der Waals surface area contributed by atoms with E-state index in [1.54, 1.807) is 6.08 Å². The van der Waals surface area contributed by atoms with E-state index in [1.165, 1.54) is 0 Å². The van der Waals surface area contributed by atoms with Gasteiger partial charge in [0.1, 0.15) is 0 Å². The highest BCUT2D eigenvalue weighted by atomic mass is 13.9. The fraction of sp³-hybridized carbons (Fsp3) is 0.111. The second kappa shape index (κ2) is 2.49. The van der Waals surface area contributed by atoms with Gasteiger partial charge in [0.05, 0.1) is 0 Å². The third-order valence-electron chi connectivity index (χ3n) is 1.18. The zero-order valence-corrected chi connectivity index (χ0v) is 5.52. The van der Waals surface area contributed by atoms with Crippen LogP contribution in [-0.4, -0.2) is 0 Å². The van der Waals surface area contributed by atoms with Crippen LogP contribution in [0.4, 0.5) is 0 Å². The zero-order chi connectivity index (χ0) is 6.69. The molecule has 0 aromatic heterocycles.